The van der Waals surface area contributed by atoms with E-state index in [0.717, 1.165) is 21.0 Å². The van der Waals surface area contributed by atoms with Crippen molar-refractivity contribution in [3.63, 3.8) is 0 Å². The molecular weight excluding hydrogens is 246 g/mol. The van der Waals surface area contributed by atoms with Crippen molar-refractivity contribution in [2.75, 3.05) is 0 Å². The number of thiazole rings is 1. The van der Waals surface area contributed by atoms with Crippen LogP contribution in [0.5, 0.6) is 0 Å². The van der Waals surface area contributed by atoms with Gasteiger partial charge in [0.2, 0.25) is 0 Å². The van der Waals surface area contributed by atoms with Crippen LogP contribution in [-0.4, -0.2) is 16.1 Å². The van der Waals surface area contributed by atoms with Gasteiger partial charge in [-0.2, -0.15) is 0 Å². The first-order valence-electron chi connectivity index (χ1n) is 5.77. The lowest BCUT2D eigenvalue weighted by Gasteiger charge is -2.12. The summed E-state index contributed by atoms with van der Waals surface area (Å²) >= 11 is 1.56. The first kappa shape index (κ1) is 12.8. The van der Waals surface area contributed by atoms with E-state index in [1.165, 1.54) is 0 Å². The Kier molecular flexibility index (Phi) is 3.77. The largest absolute Gasteiger partial charge is 0.481 e. The second-order valence-electron chi connectivity index (χ2n) is 4.35. The van der Waals surface area contributed by atoms with Crippen molar-refractivity contribution in [2.45, 2.75) is 26.2 Å². The van der Waals surface area contributed by atoms with E-state index in [-0.39, 0.29) is 0 Å². The number of carboxylic acid groups (broad SMARTS) is 1. The third kappa shape index (κ3) is 2.96. The number of hydrogen-bond acceptors (Lipinski definition) is 3. The molecule has 1 aromatic carbocycles. The fraction of sp³-hybridized carbons (Fsp3) is 0.286. The first-order chi connectivity index (χ1) is 8.56. The standard InChI is InChI=1S/C14H15NO2S/c1-9-4-3-5-11(6-9)13(14(16)17)7-12-8-15-10(2)18-12/h3-6,8,13H,7H2,1-2H3,(H,16,17). The predicted molar refractivity (Wildman–Crippen MR) is 72.1 cm³/mol. The average molecular weight is 261 g/mol. The molecule has 0 saturated heterocycles. The molecule has 0 aliphatic rings. The fourth-order valence-electron chi connectivity index (χ4n) is 1.94. The van der Waals surface area contributed by atoms with Crippen molar-refractivity contribution in [1.82, 2.24) is 4.98 Å². The van der Waals surface area contributed by atoms with Gasteiger partial charge in [-0.05, 0) is 19.4 Å². The van der Waals surface area contributed by atoms with E-state index in [9.17, 15) is 9.90 Å². The molecule has 0 aliphatic carbocycles. The van der Waals surface area contributed by atoms with E-state index in [1.807, 2.05) is 38.1 Å². The molecule has 1 unspecified atom stereocenters. The summed E-state index contributed by atoms with van der Waals surface area (Å²) in [6, 6.07) is 7.68. The van der Waals surface area contributed by atoms with Crippen LogP contribution in [-0.2, 0) is 11.2 Å². The molecule has 1 atom stereocenters. The molecule has 94 valence electrons. The van der Waals surface area contributed by atoms with E-state index < -0.39 is 11.9 Å². The van der Waals surface area contributed by atoms with Gasteiger partial charge >= 0.3 is 5.97 Å². The maximum atomic E-state index is 11.4. The number of aromatic nitrogens is 1. The monoisotopic (exact) mass is 261 g/mol. The minimum Gasteiger partial charge on any atom is -0.481 e. The molecule has 0 amide bonds. The number of aryl methyl sites for hydroxylation is 2. The Balaban J connectivity index is 2.26. The van der Waals surface area contributed by atoms with Gasteiger partial charge in [-0.15, -0.1) is 11.3 Å². The molecule has 0 fully saturated rings. The van der Waals surface area contributed by atoms with Crippen molar-refractivity contribution < 1.29 is 9.90 Å². The van der Waals surface area contributed by atoms with Gasteiger partial charge in [-0.25, -0.2) is 4.98 Å². The first-order valence-corrected chi connectivity index (χ1v) is 6.58. The summed E-state index contributed by atoms with van der Waals surface area (Å²) in [6.07, 6.45) is 2.27. The molecule has 1 N–H and O–H groups in total. The molecule has 2 rings (SSSR count). The Hall–Kier alpha value is -1.68. The van der Waals surface area contributed by atoms with Gasteiger partial charge in [0.05, 0.1) is 10.9 Å². The summed E-state index contributed by atoms with van der Waals surface area (Å²) in [5.41, 5.74) is 1.94. The molecule has 0 bridgehead atoms. The number of carbonyl (C=O) groups is 1. The van der Waals surface area contributed by atoms with Crippen LogP contribution >= 0.6 is 11.3 Å². The van der Waals surface area contributed by atoms with Crippen LogP contribution in [0.25, 0.3) is 0 Å². The van der Waals surface area contributed by atoms with E-state index in [2.05, 4.69) is 4.98 Å². The van der Waals surface area contributed by atoms with E-state index in [1.54, 1.807) is 17.5 Å². The Morgan fingerprint density at radius 1 is 1.44 bits per heavy atom. The van der Waals surface area contributed by atoms with Gasteiger partial charge in [-0.1, -0.05) is 29.8 Å². The Morgan fingerprint density at radius 2 is 2.22 bits per heavy atom. The molecular formula is C14H15NO2S. The summed E-state index contributed by atoms with van der Waals surface area (Å²) in [5.74, 6) is -1.28. The second-order valence-corrected chi connectivity index (χ2v) is 5.67. The van der Waals surface area contributed by atoms with Crippen LogP contribution in [0.2, 0.25) is 0 Å². The van der Waals surface area contributed by atoms with Gasteiger partial charge in [-0.3, -0.25) is 4.79 Å². The topological polar surface area (TPSA) is 50.2 Å². The van der Waals surface area contributed by atoms with E-state index >= 15 is 0 Å². The number of benzene rings is 1. The van der Waals surface area contributed by atoms with Crippen LogP contribution in [0.1, 0.15) is 26.9 Å². The van der Waals surface area contributed by atoms with Crippen molar-refractivity contribution in [1.29, 1.82) is 0 Å². The molecule has 4 heteroatoms. The zero-order valence-corrected chi connectivity index (χ0v) is 11.2. The maximum Gasteiger partial charge on any atom is 0.311 e. The van der Waals surface area contributed by atoms with E-state index in [0.29, 0.717) is 6.42 Å². The summed E-state index contributed by atoms with van der Waals surface area (Å²) in [4.78, 5) is 16.6. The number of carboxylic acids is 1. The highest BCUT2D eigenvalue weighted by molar-refractivity contribution is 7.11. The molecule has 0 saturated carbocycles. The summed E-state index contributed by atoms with van der Waals surface area (Å²) < 4.78 is 0. The SMILES string of the molecule is Cc1cccc(C(Cc2cnc(C)s2)C(=O)O)c1. The molecule has 0 aliphatic heterocycles. The zero-order valence-electron chi connectivity index (χ0n) is 10.4. The predicted octanol–water partition coefficient (Wildman–Crippen LogP) is 3.17. The van der Waals surface area contributed by atoms with Gasteiger partial charge in [0.15, 0.2) is 0 Å². The van der Waals surface area contributed by atoms with Crippen LogP contribution < -0.4 is 0 Å². The van der Waals surface area contributed by atoms with Crippen molar-refractivity contribution in [2.24, 2.45) is 0 Å². The highest BCUT2D eigenvalue weighted by Gasteiger charge is 2.21. The molecule has 2 aromatic rings. The molecule has 18 heavy (non-hydrogen) atoms. The van der Waals surface area contributed by atoms with Crippen LogP contribution in [0.4, 0.5) is 0 Å². The van der Waals surface area contributed by atoms with Crippen molar-refractivity contribution in [3.05, 3.63) is 51.5 Å². The summed E-state index contributed by atoms with van der Waals surface area (Å²) in [5, 5.41) is 10.3. The van der Waals surface area contributed by atoms with Crippen LogP contribution in [0, 0.1) is 13.8 Å². The third-order valence-corrected chi connectivity index (χ3v) is 3.75. The van der Waals surface area contributed by atoms with Gasteiger partial charge < -0.3 is 5.11 Å². The van der Waals surface area contributed by atoms with Crippen LogP contribution in [0.3, 0.4) is 0 Å². The van der Waals surface area contributed by atoms with Crippen LogP contribution in [0.15, 0.2) is 30.5 Å². The quantitative estimate of drug-likeness (QED) is 0.919. The zero-order chi connectivity index (χ0) is 13.1. The highest BCUT2D eigenvalue weighted by Crippen LogP contribution is 2.25. The maximum absolute atomic E-state index is 11.4. The lowest BCUT2D eigenvalue weighted by molar-refractivity contribution is -0.138. The lowest BCUT2D eigenvalue weighted by Crippen LogP contribution is -2.14. The number of rotatable bonds is 4. The molecule has 1 aromatic heterocycles. The highest BCUT2D eigenvalue weighted by atomic mass is 32.1. The number of aliphatic carboxylic acids is 1. The van der Waals surface area contributed by atoms with E-state index in [4.69, 9.17) is 0 Å². The minimum absolute atomic E-state index is 0.496. The number of nitrogens with zero attached hydrogens (tertiary/aromatic N) is 1. The third-order valence-electron chi connectivity index (χ3n) is 2.82. The Labute approximate surface area is 110 Å². The molecule has 3 nitrogen and oxygen atoms in total. The molecule has 0 radical (unpaired) electrons. The van der Waals surface area contributed by atoms with Crippen molar-refractivity contribution in [3.8, 4) is 0 Å². The Morgan fingerprint density at radius 3 is 2.78 bits per heavy atom. The lowest BCUT2D eigenvalue weighted by atomic mass is 9.94. The normalized spacial score (nSPS) is 12.3. The summed E-state index contributed by atoms with van der Waals surface area (Å²) in [7, 11) is 0. The van der Waals surface area contributed by atoms with Crippen molar-refractivity contribution >= 4 is 17.3 Å². The average Bonchev–Trinajstić information content (AvgIpc) is 2.71. The van der Waals surface area contributed by atoms with Gasteiger partial charge in [0.1, 0.15) is 0 Å². The molecule has 1 heterocycles. The smallest absolute Gasteiger partial charge is 0.311 e. The Bertz CT molecular complexity index is 562. The summed E-state index contributed by atoms with van der Waals surface area (Å²) in [6.45, 7) is 3.90. The van der Waals surface area contributed by atoms with Gasteiger partial charge in [0.25, 0.3) is 0 Å². The molecule has 0 spiro atoms. The second kappa shape index (κ2) is 5.31. The fourth-order valence-corrected chi connectivity index (χ4v) is 2.78. The number of hydrogen-bond donors (Lipinski definition) is 1. The minimum atomic E-state index is -0.786. The van der Waals surface area contributed by atoms with Gasteiger partial charge in [0, 0.05) is 17.5 Å².